The summed E-state index contributed by atoms with van der Waals surface area (Å²) in [6.07, 6.45) is 0.430. The maximum atomic E-state index is 14.1. The van der Waals surface area contributed by atoms with Crippen molar-refractivity contribution in [2.24, 2.45) is 5.92 Å². The SMILES string of the molecule is CCN1C(=O)N[C@H](c2cccc(Oc3ccccc3)c2)C2=C1CN([C@H](CC(C)C)C(=O)NCc1cccc(F)c1)C2=O. The van der Waals surface area contributed by atoms with Crippen molar-refractivity contribution in [2.45, 2.75) is 45.8 Å². The lowest BCUT2D eigenvalue weighted by Gasteiger charge is -2.33. The Morgan fingerprint density at radius 2 is 1.76 bits per heavy atom. The van der Waals surface area contributed by atoms with Crippen LogP contribution in [-0.2, 0) is 16.1 Å². The van der Waals surface area contributed by atoms with E-state index in [2.05, 4.69) is 10.6 Å². The van der Waals surface area contributed by atoms with Gasteiger partial charge in [0.25, 0.3) is 5.91 Å². The van der Waals surface area contributed by atoms with Crippen molar-refractivity contribution in [3.63, 3.8) is 0 Å². The van der Waals surface area contributed by atoms with Gasteiger partial charge in [-0.1, -0.05) is 56.3 Å². The Labute approximate surface area is 245 Å². The third-order valence-corrected chi connectivity index (χ3v) is 7.47. The minimum Gasteiger partial charge on any atom is -0.457 e. The highest BCUT2D eigenvalue weighted by Gasteiger charge is 2.46. The van der Waals surface area contributed by atoms with E-state index in [1.54, 1.807) is 21.9 Å². The molecule has 0 aromatic heterocycles. The van der Waals surface area contributed by atoms with Crippen molar-refractivity contribution < 1.29 is 23.5 Å². The molecule has 5 rings (SSSR count). The zero-order valence-electron chi connectivity index (χ0n) is 24.0. The Morgan fingerprint density at radius 3 is 2.48 bits per heavy atom. The van der Waals surface area contributed by atoms with E-state index in [1.807, 2.05) is 75.4 Å². The molecule has 0 aliphatic carbocycles. The Kier molecular flexibility index (Phi) is 8.56. The average molecular weight is 571 g/mol. The summed E-state index contributed by atoms with van der Waals surface area (Å²) >= 11 is 0. The van der Waals surface area contributed by atoms with E-state index < -0.39 is 12.1 Å². The molecule has 0 saturated heterocycles. The molecular formula is C33H35FN4O4. The van der Waals surface area contributed by atoms with Gasteiger partial charge in [0.1, 0.15) is 23.4 Å². The fraction of sp³-hybridized carbons (Fsp3) is 0.303. The number of hydrogen-bond acceptors (Lipinski definition) is 4. The highest BCUT2D eigenvalue weighted by Crippen LogP contribution is 2.38. The van der Waals surface area contributed by atoms with Crippen LogP contribution in [0.3, 0.4) is 0 Å². The van der Waals surface area contributed by atoms with E-state index in [-0.39, 0.29) is 42.7 Å². The predicted octanol–water partition coefficient (Wildman–Crippen LogP) is 5.53. The molecule has 0 spiro atoms. The highest BCUT2D eigenvalue weighted by molar-refractivity contribution is 6.03. The van der Waals surface area contributed by atoms with E-state index >= 15 is 0 Å². The monoisotopic (exact) mass is 570 g/mol. The van der Waals surface area contributed by atoms with Crippen molar-refractivity contribution in [2.75, 3.05) is 13.1 Å². The van der Waals surface area contributed by atoms with Crippen LogP contribution in [0.1, 0.15) is 44.4 Å². The number of ether oxygens (including phenoxy) is 1. The fourth-order valence-electron chi connectivity index (χ4n) is 5.51. The average Bonchev–Trinajstić information content (AvgIpc) is 3.31. The maximum Gasteiger partial charge on any atom is 0.322 e. The minimum absolute atomic E-state index is 0.116. The number of hydrogen-bond donors (Lipinski definition) is 2. The van der Waals surface area contributed by atoms with E-state index in [9.17, 15) is 18.8 Å². The van der Waals surface area contributed by atoms with Gasteiger partial charge in [-0.3, -0.25) is 14.5 Å². The summed E-state index contributed by atoms with van der Waals surface area (Å²) in [6, 6.07) is 20.9. The first-order valence-corrected chi connectivity index (χ1v) is 14.2. The molecule has 0 fully saturated rings. The number of rotatable bonds is 10. The Morgan fingerprint density at radius 1 is 1.02 bits per heavy atom. The number of carbonyl (C=O) groups excluding carboxylic acids is 3. The zero-order valence-corrected chi connectivity index (χ0v) is 24.0. The molecule has 2 heterocycles. The quantitative estimate of drug-likeness (QED) is 0.335. The van der Waals surface area contributed by atoms with E-state index in [1.165, 1.54) is 12.1 Å². The second-order valence-corrected chi connectivity index (χ2v) is 10.9. The van der Waals surface area contributed by atoms with Gasteiger partial charge in [0.2, 0.25) is 5.91 Å². The summed E-state index contributed by atoms with van der Waals surface area (Å²) in [5.41, 5.74) is 2.37. The number of nitrogens with one attached hydrogen (secondary N) is 2. The van der Waals surface area contributed by atoms with Crippen LogP contribution < -0.4 is 15.4 Å². The topological polar surface area (TPSA) is 91.0 Å². The van der Waals surface area contributed by atoms with Crippen molar-refractivity contribution in [1.82, 2.24) is 20.4 Å². The van der Waals surface area contributed by atoms with Gasteiger partial charge in [-0.15, -0.1) is 0 Å². The molecule has 3 aromatic carbocycles. The first-order chi connectivity index (χ1) is 20.2. The van der Waals surface area contributed by atoms with Gasteiger partial charge in [0.15, 0.2) is 0 Å². The summed E-state index contributed by atoms with van der Waals surface area (Å²) in [7, 11) is 0. The molecule has 0 bridgehead atoms. The number of amides is 4. The molecule has 2 aliphatic rings. The number of benzene rings is 3. The van der Waals surface area contributed by atoms with Gasteiger partial charge in [-0.2, -0.15) is 0 Å². The third kappa shape index (κ3) is 6.15. The van der Waals surface area contributed by atoms with Crippen molar-refractivity contribution in [1.29, 1.82) is 0 Å². The molecule has 9 heteroatoms. The van der Waals surface area contributed by atoms with E-state index in [0.29, 0.717) is 46.9 Å². The first-order valence-electron chi connectivity index (χ1n) is 14.2. The van der Waals surface area contributed by atoms with Crippen LogP contribution in [0.25, 0.3) is 0 Å². The van der Waals surface area contributed by atoms with Crippen molar-refractivity contribution >= 4 is 17.8 Å². The third-order valence-electron chi connectivity index (χ3n) is 7.47. The maximum absolute atomic E-state index is 14.1. The molecule has 3 aromatic rings. The minimum atomic E-state index is -0.765. The molecule has 2 atom stereocenters. The lowest BCUT2D eigenvalue weighted by molar-refractivity contribution is -0.137. The molecule has 4 amide bonds. The Hall–Kier alpha value is -4.66. The standard InChI is InChI=1S/C33H35FN4O4/c1-4-37-28-20-38(27(16-21(2)3)31(39)35-19-22-10-8-12-24(34)17-22)32(40)29(28)30(36-33(37)41)23-11-9-15-26(18-23)42-25-13-6-5-7-14-25/h5-15,17-18,21,27,30H,4,16,19-20H2,1-3H3,(H,35,39)(H,36,41)/t27-,30-/m1/s1. The second kappa shape index (κ2) is 12.5. The molecule has 2 N–H and O–H groups in total. The normalized spacial score (nSPS) is 17.3. The molecule has 8 nitrogen and oxygen atoms in total. The van der Waals surface area contributed by atoms with Crippen LogP contribution in [0.15, 0.2) is 90.1 Å². The smallest absolute Gasteiger partial charge is 0.322 e. The largest absolute Gasteiger partial charge is 0.457 e. The lowest BCUT2D eigenvalue weighted by Crippen LogP contribution is -2.49. The van der Waals surface area contributed by atoms with Crippen molar-refractivity contribution in [3.8, 4) is 11.5 Å². The fourth-order valence-corrected chi connectivity index (χ4v) is 5.51. The molecule has 42 heavy (non-hydrogen) atoms. The van der Waals surface area contributed by atoms with E-state index in [0.717, 1.165) is 0 Å². The van der Waals surface area contributed by atoms with Gasteiger partial charge in [0, 0.05) is 13.1 Å². The van der Waals surface area contributed by atoms with Gasteiger partial charge < -0.3 is 20.3 Å². The van der Waals surface area contributed by atoms with Gasteiger partial charge >= 0.3 is 6.03 Å². The predicted molar refractivity (Wildman–Crippen MR) is 157 cm³/mol. The zero-order chi connectivity index (χ0) is 29.8. The molecule has 0 unspecified atom stereocenters. The highest BCUT2D eigenvalue weighted by atomic mass is 19.1. The summed E-state index contributed by atoms with van der Waals surface area (Å²) < 4.78 is 19.7. The van der Waals surface area contributed by atoms with Crippen LogP contribution in [0.5, 0.6) is 11.5 Å². The van der Waals surface area contributed by atoms with Gasteiger partial charge in [0.05, 0.1) is 23.9 Å². The molecular weight excluding hydrogens is 535 g/mol. The summed E-state index contributed by atoms with van der Waals surface area (Å²) in [5.74, 6) is 0.360. The van der Waals surface area contributed by atoms with Gasteiger partial charge in [-0.05, 0) is 66.8 Å². The number of urea groups is 1. The number of halogens is 1. The Bertz CT molecular complexity index is 1510. The molecule has 2 aliphatic heterocycles. The number of carbonyl (C=O) groups is 3. The van der Waals surface area contributed by atoms with Crippen LogP contribution in [-0.4, -0.2) is 46.8 Å². The second-order valence-electron chi connectivity index (χ2n) is 10.9. The van der Waals surface area contributed by atoms with Crippen LogP contribution in [0, 0.1) is 11.7 Å². The number of likely N-dealkylation sites (N-methyl/N-ethyl adjacent to an activating group) is 1. The number of para-hydroxylation sites is 1. The molecule has 0 saturated carbocycles. The van der Waals surface area contributed by atoms with Gasteiger partial charge in [-0.25, -0.2) is 9.18 Å². The molecule has 0 radical (unpaired) electrons. The Balaban J connectivity index is 1.42. The summed E-state index contributed by atoms with van der Waals surface area (Å²) in [4.78, 5) is 44.0. The van der Waals surface area contributed by atoms with Crippen LogP contribution in [0.2, 0.25) is 0 Å². The first kappa shape index (κ1) is 28.9. The summed E-state index contributed by atoms with van der Waals surface area (Å²) in [6.45, 7) is 6.48. The van der Waals surface area contributed by atoms with Crippen LogP contribution >= 0.6 is 0 Å². The van der Waals surface area contributed by atoms with Crippen molar-refractivity contribution in [3.05, 3.63) is 107 Å². The molecule has 218 valence electrons. The number of nitrogens with zero attached hydrogens (tertiary/aromatic N) is 2. The van der Waals surface area contributed by atoms with E-state index in [4.69, 9.17) is 4.74 Å². The van der Waals surface area contributed by atoms with Crippen LogP contribution in [0.4, 0.5) is 9.18 Å². The lowest BCUT2D eigenvalue weighted by atomic mass is 9.95. The summed E-state index contributed by atoms with van der Waals surface area (Å²) in [5, 5.41) is 5.89.